The highest BCUT2D eigenvalue weighted by atomic mass is 16.6. The molecule has 6 atom stereocenters. The predicted octanol–water partition coefficient (Wildman–Crippen LogP) is 3.09. The molecule has 0 bridgehead atoms. The van der Waals surface area contributed by atoms with Gasteiger partial charge in [-0.3, -0.25) is 9.69 Å². The molecule has 0 spiro atoms. The summed E-state index contributed by atoms with van der Waals surface area (Å²) in [5.41, 5.74) is 2.34. The van der Waals surface area contributed by atoms with Crippen molar-refractivity contribution in [3.8, 4) is 0 Å². The average Bonchev–Trinajstić information content (AvgIpc) is 3.07. The van der Waals surface area contributed by atoms with Crippen LogP contribution in [0.1, 0.15) is 33.1 Å². The summed E-state index contributed by atoms with van der Waals surface area (Å²) in [6.07, 6.45) is 4.59. The molecule has 0 radical (unpaired) electrons. The van der Waals surface area contributed by atoms with E-state index in [1.807, 2.05) is 6.07 Å². The Morgan fingerprint density at radius 1 is 1.17 bits per heavy atom. The lowest BCUT2D eigenvalue weighted by Crippen LogP contribution is -2.55. The summed E-state index contributed by atoms with van der Waals surface area (Å²) in [5, 5.41) is 11.5. The summed E-state index contributed by atoms with van der Waals surface area (Å²) < 4.78 is 5.83. The molecule has 1 N–H and O–H groups in total. The van der Waals surface area contributed by atoms with Crippen molar-refractivity contribution in [3.63, 3.8) is 0 Å². The molecule has 5 rings (SSSR count). The molecule has 2 heterocycles. The number of hydrogen-bond acceptors (Lipinski definition) is 5. The van der Waals surface area contributed by atoms with E-state index >= 15 is 0 Å². The van der Waals surface area contributed by atoms with Crippen molar-refractivity contribution >= 4 is 11.7 Å². The van der Waals surface area contributed by atoms with Crippen LogP contribution in [0.15, 0.2) is 42.0 Å². The van der Waals surface area contributed by atoms with Crippen LogP contribution in [0.25, 0.3) is 0 Å². The number of benzene rings is 1. The molecule has 1 aromatic carbocycles. The van der Waals surface area contributed by atoms with Crippen LogP contribution in [0.3, 0.4) is 0 Å². The normalized spacial score (nSPS) is 39.2. The van der Waals surface area contributed by atoms with Gasteiger partial charge >= 0.3 is 5.97 Å². The molecule has 2 aliphatic heterocycles. The van der Waals surface area contributed by atoms with E-state index in [1.54, 1.807) is 0 Å². The van der Waals surface area contributed by atoms with Gasteiger partial charge in [-0.1, -0.05) is 43.7 Å². The Morgan fingerprint density at radius 3 is 2.63 bits per heavy atom. The molecule has 0 aromatic heterocycles. The minimum absolute atomic E-state index is 0.0904. The SMILES string of the molecule is C[C@H]1CCC=C2C[C@H]3OC(=O)[C@H](CN4CCN(c5ccccc5)CC4)[C@H]3[C@H](O)[C@@]21C. The molecule has 162 valence electrons. The van der Waals surface area contributed by atoms with E-state index in [4.69, 9.17) is 4.74 Å². The van der Waals surface area contributed by atoms with Crippen molar-refractivity contribution in [2.45, 2.75) is 45.3 Å². The number of nitrogens with zero attached hydrogens (tertiary/aromatic N) is 2. The lowest BCUT2D eigenvalue weighted by atomic mass is 9.55. The quantitative estimate of drug-likeness (QED) is 0.613. The van der Waals surface area contributed by atoms with Gasteiger partial charge in [0.25, 0.3) is 0 Å². The highest BCUT2D eigenvalue weighted by Gasteiger charge is 2.59. The fraction of sp³-hybridized carbons (Fsp3) is 0.640. The molecular weight excluding hydrogens is 376 g/mol. The molecule has 0 unspecified atom stereocenters. The molecule has 1 saturated carbocycles. The van der Waals surface area contributed by atoms with Gasteiger partial charge in [-0.15, -0.1) is 0 Å². The van der Waals surface area contributed by atoms with Crippen LogP contribution in [-0.2, 0) is 9.53 Å². The molecule has 1 aromatic rings. The van der Waals surface area contributed by atoms with Crippen molar-refractivity contribution in [1.82, 2.24) is 4.90 Å². The van der Waals surface area contributed by atoms with Crippen molar-refractivity contribution in [2.75, 3.05) is 37.6 Å². The maximum Gasteiger partial charge on any atom is 0.311 e. The van der Waals surface area contributed by atoms with E-state index in [9.17, 15) is 9.90 Å². The first-order valence-electron chi connectivity index (χ1n) is 11.6. The highest BCUT2D eigenvalue weighted by Crippen LogP contribution is 2.56. The first kappa shape index (κ1) is 20.1. The standard InChI is InChI=1S/C25H34N2O3/c1-17-7-6-8-18-15-21-22(23(28)25(17,18)2)20(24(29)30-21)16-26-11-13-27(14-12-26)19-9-4-3-5-10-19/h3-5,8-10,17,20-23,28H,6-7,11-16H2,1-2H3/t17-,20+,21+,22+,23-,25+/m0/s1. The van der Waals surface area contributed by atoms with Gasteiger partial charge in [0.15, 0.2) is 0 Å². The number of allylic oxidation sites excluding steroid dienone is 1. The third kappa shape index (κ3) is 3.18. The Balaban J connectivity index is 1.28. The molecule has 5 heteroatoms. The van der Waals surface area contributed by atoms with E-state index in [0.717, 1.165) is 45.4 Å². The maximum atomic E-state index is 12.8. The second kappa shape index (κ2) is 7.69. The minimum Gasteiger partial charge on any atom is -0.461 e. The van der Waals surface area contributed by atoms with Crippen LogP contribution in [0.5, 0.6) is 0 Å². The number of hydrogen-bond donors (Lipinski definition) is 1. The summed E-state index contributed by atoms with van der Waals surface area (Å²) >= 11 is 0. The molecule has 5 nitrogen and oxygen atoms in total. The molecule has 0 amide bonds. The smallest absolute Gasteiger partial charge is 0.311 e. The van der Waals surface area contributed by atoms with Crippen molar-refractivity contribution in [1.29, 1.82) is 0 Å². The van der Waals surface area contributed by atoms with Crippen LogP contribution in [0.4, 0.5) is 5.69 Å². The minimum atomic E-state index is -0.514. The number of fused-ring (bicyclic) bond motifs is 2. The number of carbonyl (C=O) groups is 1. The second-order valence-electron chi connectivity index (χ2n) is 9.92. The molecule has 4 aliphatic rings. The molecule has 3 fully saturated rings. The summed E-state index contributed by atoms with van der Waals surface area (Å²) in [6, 6.07) is 10.5. The molecule has 30 heavy (non-hydrogen) atoms. The van der Waals surface area contributed by atoms with Gasteiger partial charge in [-0.25, -0.2) is 0 Å². The fourth-order valence-electron chi connectivity index (χ4n) is 6.38. The van der Waals surface area contributed by atoms with E-state index in [1.165, 1.54) is 11.3 Å². The summed E-state index contributed by atoms with van der Waals surface area (Å²) in [6.45, 7) is 8.96. The second-order valence-corrected chi connectivity index (χ2v) is 9.92. The van der Waals surface area contributed by atoms with Crippen LogP contribution in [0, 0.1) is 23.2 Å². The van der Waals surface area contributed by atoms with Gasteiger partial charge in [0, 0.05) is 56.2 Å². The highest BCUT2D eigenvalue weighted by molar-refractivity contribution is 5.76. The van der Waals surface area contributed by atoms with Crippen LogP contribution in [0.2, 0.25) is 0 Å². The predicted molar refractivity (Wildman–Crippen MR) is 117 cm³/mol. The Bertz CT molecular complexity index is 817. The summed E-state index contributed by atoms with van der Waals surface area (Å²) in [7, 11) is 0. The zero-order valence-corrected chi connectivity index (χ0v) is 18.2. The first-order chi connectivity index (χ1) is 14.5. The zero-order chi connectivity index (χ0) is 20.9. The van der Waals surface area contributed by atoms with E-state index in [2.05, 4.69) is 54.0 Å². The van der Waals surface area contributed by atoms with Gasteiger partial charge in [-0.2, -0.15) is 0 Å². The van der Waals surface area contributed by atoms with Crippen LogP contribution in [-0.4, -0.2) is 60.9 Å². The topological polar surface area (TPSA) is 53.0 Å². The number of aliphatic hydroxyl groups is 1. The number of carbonyl (C=O) groups excluding carboxylic acids is 1. The van der Waals surface area contributed by atoms with Crippen molar-refractivity contribution < 1.29 is 14.6 Å². The lowest BCUT2D eigenvalue weighted by Gasteiger charge is -2.52. The number of aliphatic hydroxyl groups excluding tert-OH is 1. The number of esters is 1. The Morgan fingerprint density at radius 2 is 1.90 bits per heavy atom. The third-order valence-electron chi connectivity index (χ3n) is 8.52. The number of para-hydroxylation sites is 1. The average molecular weight is 411 g/mol. The number of anilines is 1. The van der Waals surface area contributed by atoms with Crippen LogP contribution < -0.4 is 4.90 Å². The monoisotopic (exact) mass is 410 g/mol. The Labute approximate surface area is 179 Å². The number of rotatable bonds is 3. The maximum absolute atomic E-state index is 12.8. The van der Waals surface area contributed by atoms with Gasteiger partial charge in [-0.05, 0) is 30.9 Å². The lowest BCUT2D eigenvalue weighted by molar-refractivity contribution is -0.145. The van der Waals surface area contributed by atoms with Gasteiger partial charge < -0.3 is 14.7 Å². The van der Waals surface area contributed by atoms with E-state index < -0.39 is 6.10 Å². The van der Waals surface area contributed by atoms with Gasteiger partial charge in [0.05, 0.1) is 12.0 Å². The first-order valence-corrected chi connectivity index (χ1v) is 11.6. The van der Waals surface area contributed by atoms with Gasteiger partial charge in [0.2, 0.25) is 0 Å². The third-order valence-corrected chi connectivity index (χ3v) is 8.52. The summed E-state index contributed by atoms with van der Waals surface area (Å²) in [5.74, 6) is 0.0115. The van der Waals surface area contributed by atoms with Crippen molar-refractivity contribution in [2.24, 2.45) is 23.2 Å². The van der Waals surface area contributed by atoms with Crippen molar-refractivity contribution in [3.05, 3.63) is 42.0 Å². The molecule has 2 saturated heterocycles. The number of piperazine rings is 1. The largest absolute Gasteiger partial charge is 0.461 e. The fourth-order valence-corrected chi connectivity index (χ4v) is 6.38. The summed E-state index contributed by atoms with van der Waals surface area (Å²) in [4.78, 5) is 17.6. The van der Waals surface area contributed by atoms with Gasteiger partial charge in [0.1, 0.15) is 6.10 Å². The van der Waals surface area contributed by atoms with E-state index in [0.29, 0.717) is 12.5 Å². The molecular formula is C25H34N2O3. The Kier molecular flexibility index (Phi) is 5.14. The van der Waals surface area contributed by atoms with E-state index in [-0.39, 0.29) is 29.3 Å². The zero-order valence-electron chi connectivity index (χ0n) is 18.2. The van der Waals surface area contributed by atoms with Crippen LogP contribution >= 0.6 is 0 Å². The Hall–Kier alpha value is -1.85. The number of ether oxygens (including phenoxy) is 1. The molecule has 2 aliphatic carbocycles.